The molecular weight excluding hydrogens is 328 g/mol. The number of rotatable bonds is 5. The number of amides is 1. The second-order valence-corrected chi connectivity index (χ2v) is 6.86. The van der Waals surface area contributed by atoms with Crippen LogP contribution in [0.15, 0.2) is 48.8 Å². The number of carbonyl (C=O) groups is 1. The smallest absolute Gasteiger partial charge is 0.242 e. The molecule has 0 spiro atoms. The van der Waals surface area contributed by atoms with Crippen LogP contribution in [0.1, 0.15) is 36.6 Å². The molecular formula is C20H24N4O2. The SMILES string of the molecule is CCCN1C(=O)C2NNC(c3ccc(OC)cc3)C2C1c1cccnc1. The van der Waals surface area contributed by atoms with E-state index in [2.05, 4.69) is 41.0 Å². The molecule has 26 heavy (non-hydrogen) atoms. The number of likely N-dealkylation sites (tertiary alicyclic amines) is 1. The van der Waals surface area contributed by atoms with Crippen LogP contribution in [0.2, 0.25) is 0 Å². The molecule has 2 saturated heterocycles. The number of hydrazine groups is 1. The van der Waals surface area contributed by atoms with Crippen LogP contribution in [0.4, 0.5) is 0 Å². The molecule has 1 amide bonds. The van der Waals surface area contributed by atoms with E-state index in [9.17, 15) is 4.79 Å². The molecule has 0 saturated carbocycles. The van der Waals surface area contributed by atoms with Gasteiger partial charge in [0.05, 0.1) is 19.2 Å². The Kier molecular flexibility index (Phi) is 4.61. The van der Waals surface area contributed by atoms with E-state index in [4.69, 9.17) is 4.74 Å². The van der Waals surface area contributed by atoms with Crippen LogP contribution in [-0.4, -0.2) is 35.5 Å². The summed E-state index contributed by atoms with van der Waals surface area (Å²) in [6.45, 7) is 2.86. The third-order valence-corrected chi connectivity index (χ3v) is 5.38. The van der Waals surface area contributed by atoms with Crippen molar-refractivity contribution in [3.8, 4) is 5.75 Å². The van der Waals surface area contributed by atoms with E-state index >= 15 is 0 Å². The van der Waals surface area contributed by atoms with Gasteiger partial charge in [0.1, 0.15) is 11.8 Å². The number of hydrogen-bond acceptors (Lipinski definition) is 5. The van der Waals surface area contributed by atoms with E-state index in [-0.39, 0.29) is 30.0 Å². The average molecular weight is 352 g/mol. The van der Waals surface area contributed by atoms with E-state index in [1.54, 1.807) is 13.3 Å². The zero-order valence-corrected chi connectivity index (χ0v) is 15.1. The summed E-state index contributed by atoms with van der Waals surface area (Å²) >= 11 is 0. The maximum atomic E-state index is 13.0. The average Bonchev–Trinajstić information content (AvgIpc) is 3.23. The Morgan fingerprint density at radius 3 is 2.54 bits per heavy atom. The largest absolute Gasteiger partial charge is 0.497 e. The minimum atomic E-state index is -0.223. The van der Waals surface area contributed by atoms with Crippen LogP contribution in [0.3, 0.4) is 0 Å². The quantitative estimate of drug-likeness (QED) is 0.864. The van der Waals surface area contributed by atoms with E-state index in [0.29, 0.717) is 0 Å². The van der Waals surface area contributed by atoms with Gasteiger partial charge in [-0.2, -0.15) is 0 Å². The van der Waals surface area contributed by atoms with E-state index < -0.39 is 0 Å². The van der Waals surface area contributed by atoms with Gasteiger partial charge in [-0.05, 0) is 35.7 Å². The van der Waals surface area contributed by atoms with Crippen LogP contribution in [0, 0.1) is 5.92 Å². The number of benzene rings is 1. The maximum Gasteiger partial charge on any atom is 0.242 e. The highest BCUT2D eigenvalue weighted by atomic mass is 16.5. The molecule has 4 unspecified atom stereocenters. The zero-order valence-electron chi connectivity index (χ0n) is 15.1. The lowest BCUT2D eigenvalue weighted by Gasteiger charge is -2.31. The molecule has 3 heterocycles. The van der Waals surface area contributed by atoms with Crippen molar-refractivity contribution in [3.05, 3.63) is 59.9 Å². The molecule has 6 heteroatoms. The monoisotopic (exact) mass is 352 g/mol. The van der Waals surface area contributed by atoms with Crippen molar-refractivity contribution in [2.75, 3.05) is 13.7 Å². The summed E-state index contributed by atoms with van der Waals surface area (Å²) in [5.41, 5.74) is 8.82. The Morgan fingerprint density at radius 2 is 1.88 bits per heavy atom. The predicted molar refractivity (Wildman–Crippen MR) is 98.3 cm³/mol. The number of nitrogens with one attached hydrogen (secondary N) is 2. The molecule has 2 aliphatic rings. The summed E-state index contributed by atoms with van der Waals surface area (Å²) in [6.07, 6.45) is 4.59. The van der Waals surface area contributed by atoms with Crippen LogP contribution < -0.4 is 15.6 Å². The zero-order chi connectivity index (χ0) is 18.1. The third kappa shape index (κ3) is 2.75. The lowest BCUT2D eigenvalue weighted by molar-refractivity contribution is -0.130. The van der Waals surface area contributed by atoms with Gasteiger partial charge in [-0.25, -0.2) is 10.9 Å². The fourth-order valence-electron chi connectivity index (χ4n) is 4.24. The standard InChI is InChI=1S/C20H24N4O2/c1-3-11-24-19(14-5-4-10-21-12-14)16-17(22-23-18(16)20(24)25)13-6-8-15(26-2)9-7-13/h4-10,12,16-19,22-23H,3,11H2,1-2H3. The maximum absolute atomic E-state index is 13.0. The molecule has 2 aromatic rings. The molecule has 2 fully saturated rings. The highest BCUT2D eigenvalue weighted by Crippen LogP contribution is 2.47. The van der Waals surface area contributed by atoms with Gasteiger partial charge in [-0.1, -0.05) is 25.1 Å². The molecule has 136 valence electrons. The lowest BCUT2D eigenvalue weighted by Crippen LogP contribution is -2.41. The van der Waals surface area contributed by atoms with Gasteiger partial charge < -0.3 is 9.64 Å². The van der Waals surface area contributed by atoms with Crippen molar-refractivity contribution in [1.82, 2.24) is 20.7 Å². The Morgan fingerprint density at radius 1 is 1.12 bits per heavy atom. The van der Waals surface area contributed by atoms with Gasteiger partial charge >= 0.3 is 0 Å². The van der Waals surface area contributed by atoms with Crippen LogP contribution in [0.25, 0.3) is 0 Å². The summed E-state index contributed by atoms with van der Waals surface area (Å²) in [5.74, 6) is 1.09. The highest BCUT2D eigenvalue weighted by molar-refractivity contribution is 5.86. The Balaban J connectivity index is 1.72. The Hall–Kier alpha value is -2.44. The predicted octanol–water partition coefficient (Wildman–Crippen LogP) is 2.22. The van der Waals surface area contributed by atoms with Gasteiger partial charge in [0, 0.05) is 24.9 Å². The lowest BCUT2D eigenvalue weighted by atomic mass is 9.84. The number of hydrogen-bond donors (Lipinski definition) is 2. The number of nitrogens with zero attached hydrogens (tertiary/aromatic N) is 2. The van der Waals surface area contributed by atoms with Crippen molar-refractivity contribution >= 4 is 5.91 Å². The molecule has 1 aromatic heterocycles. The van der Waals surface area contributed by atoms with Gasteiger partial charge in [-0.3, -0.25) is 9.78 Å². The molecule has 2 N–H and O–H groups in total. The first-order chi connectivity index (χ1) is 12.7. The summed E-state index contributed by atoms with van der Waals surface area (Å²) < 4.78 is 5.27. The van der Waals surface area contributed by atoms with Crippen molar-refractivity contribution in [1.29, 1.82) is 0 Å². The van der Waals surface area contributed by atoms with Crippen molar-refractivity contribution in [3.63, 3.8) is 0 Å². The fraction of sp³-hybridized carbons (Fsp3) is 0.400. The number of fused-ring (bicyclic) bond motifs is 1. The van der Waals surface area contributed by atoms with E-state index in [0.717, 1.165) is 29.8 Å². The number of pyridine rings is 1. The second-order valence-electron chi connectivity index (χ2n) is 6.86. The minimum absolute atomic E-state index is 0.00996. The first kappa shape index (κ1) is 17.0. The first-order valence-electron chi connectivity index (χ1n) is 9.10. The van der Waals surface area contributed by atoms with E-state index in [1.165, 1.54) is 0 Å². The molecule has 0 aliphatic carbocycles. The molecule has 1 aromatic carbocycles. The van der Waals surface area contributed by atoms with Crippen molar-refractivity contribution in [2.45, 2.75) is 31.5 Å². The normalized spacial score (nSPS) is 27.6. The molecule has 6 nitrogen and oxygen atoms in total. The molecule has 0 radical (unpaired) electrons. The van der Waals surface area contributed by atoms with Crippen LogP contribution >= 0.6 is 0 Å². The van der Waals surface area contributed by atoms with Crippen molar-refractivity contribution in [2.24, 2.45) is 5.92 Å². The van der Waals surface area contributed by atoms with Crippen LogP contribution in [-0.2, 0) is 4.79 Å². The Bertz CT molecular complexity index is 765. The number of methoxy groups -OCH3 is 1. The third-order valence-electron chi connectivity index (χ3n) is 5.38. The van der Waals surface area contributed by atoms with Crippen molar-refractivity contribution < 1.29 is 9.53 Å². The van der Waals surface area contributed by atoms with Gasteiger partial charge in [-0.15, -0.1) is 0 Å². The van der Waals surface area contributed by atoms with Crippen LogP contribution in [0.5, 0.6) is 5.75 Å². The molecule has 2 aliphatic heterocycles. The second kappa shape index (κ2) is 7.05. The summed E-state index contributed by atoms with van der Waals surface area (Å²) in [6, 6.07) is 11.9. The highest BCUT2D eigenvalue weighted by Gasteiger charge is 2.55. The minimum Gasteiger partial charge on any atom is -0.497 e. The number of carbonyl (C=O) groups excluding carboxylic acids is 1. The number of ether oxygens (including phenoxy) is 1. The summed E-state index contributed by atoms with van der Waals surface area (Å²) in [7, 11) is 1.66. The van der Waals surface area contributed by atoms with Gasteiger partial charge in [0.15, 0.2) is 0 Å². The van der Waals surface area contributed by atoms with E-state index in [1.807, 2.05) is 29.3 Å². The molecule has 4 atom stereocenters. The Labute approximate surface area is 153 Å². The summed E-state index contributed by atoms with van der Waals surface area (Å²) in [5, 5.41) is 0. The fourth-order valence-corrected chi connectivity index (χ4v) is 4.24. The molecule has 0 bridgehead atoms. The summed E-state index contributed by atoms with van der Waals surface area (Å²) in [4.78, 5) is 19.3. The van der Waals surface area contributed by atoms with Gasteiger partial charge in [0.2, 0.25) is 5.91 Å². The first-order valence-corrected chi connectivity index (χ1v) is 9.10. The topological polar surface area (TPSA) is 66.5 Å². The number of aromatic nitrogens is 1. The molecule has 4 rings (SSSR count). The van der Waals surface area contributed by atoms with Gasteiger partial charge in [0.25, 0.3) is 0 Å².